The third kappa shape index (κ3) is 3.73. The molecular weight excluding hydrogens is 571 g/mol. The van der Waals surface area contributed by atoms with Gasteiger partial charge in [-0.2, -0.15) is 0 Å². The van der Waals surface area contributed by atoms with Gasteiger partial charge in [0.15, 0.2) is 0 Å². The average molecular weight is 600 g/mol. The van der Waals surface area contributed by atoms with Crippen molar-refractivity contribution in [1.29, 1.82) is 0 Å². The molecule has 1 spiro atoms. The Morgan fingerprint density at radius 1 is 0.362 bits per heavy atom. The molecule has 8 aromatic carbocycles. The van der Waals surface area contributed by atoms with Crippen LogP contribution in [0.1, 0.15) is 22.3 Å². The van der Waals surface area contributed by atoms with Crippen molar-refractivity contribution < 1.29 is 4.74 Å². The van der Waals surface area contributed by atoms with E-state index in [-0.39, 0.29) is 0 Å². The molecule has 2 heteroatoms. The Morgan fingerprint density at radius 2 is 0.787 bits per heavy atom. The quantitative estimate of drug-likeness (QED) is 0.196. The molecule has 220 valence electrons. The zero-order valence-electron chi connectivity index (χ0n) is 25.6. The average Bonchev–Trinajstić information content (AvgIpc) is 3.14. The number of anilines is 3. The highest BCUT2D eigenvalue weighted by Crippen LogP contribution is 2.63. The van der Waals surface area contributed by atoms with Crippen LogP contribution in [0.4, 0.5) is 17.1 Å². The van der Waals surface area contributed by atoms with Gasteiger partial charge in [0, 0.05) is 16.8 Å². The van der Waals surface area contributed by atoms with Crippen LogP contribution in [0.5, 0.6) is 11.5 Å². The van der Waals surface area contributed by atoms with Crippen LogP contribution < -0.4 is 9.64 Å². The Balaban J connectivity index is 1.30. The molecule has 0 aliphatic carbocycles. The molecule has 0 N–H and O–H groups in total. The van der Waals surface area contributed by atoms with E-state index in [9.17, 15) is 0 Å². The number of fused-ring (bicyclic) bond motifs is 10. The fraction of sp³-hybridized carbons (Fsp3) is 0.0222. The summed E-state index contributed by atoms with van der Waals surface area (Å²) in [5.41, 5.74) is 10.1. The lowest BCUT2D eigenvalue weighted by Gasteiger charge is -2.48. The molecule has 10 rings (SSSR count). The second kappa shape index (κ2) is 9.94. The summed E-state index contributed by atoms with van der Waals surface area (Å²) in [6.45, 7) is 0. The fourth-order valence-corrected chi connectivity index (χ4v) is 8.00. The first-order valence-corrected chi connectivity index (χ1v) is 16.2. The van der Waals surface area contributed by atoms with Crippen molar-refractivity contribution >= 4 is 38.6 Å². The molecule has 2 aliphatic rings. The smallest absolute Gasteiger partial charge is 0.132 e. The number of nitrogens with zero attached hydrogens (tertiary/aromatic N) is 1. The molecule has 2 nitrogen and oxygen atoms in total. The van der Waals surface area contributed by atoms with Gasteiger partial charge in [0.1, 0.15) is 11.5 Å². The molecular formula is C45H29NO. The van der Waals surface area contributed by atoms with E-state index in [2.05, 4.69) is 181 Å². The van der Waals surface area contributed by atoms with Crippen molar-refractivity contribution in [2.24, 2.45) is 0 Å². The van der Waals surface area contributed by atoms with Crippen LogP contribution in [0.25, 0.3) is 32.7 Å². The molecule has 2 aliphatic heterocycles. The number of ether oxygens (including phenoxy) is 1. The molecule has 0 radical (unpaired) electrons. The number of hydrogen-bond acceptors (Lipinski definition) is 2. The molecule has 2 heterocycles. The first-order valence-electron chi connectivity index (χ1n) is 16.2. The standard InChI is InChI=1S/C45H29NO/c1-2-12-30(13-3-1)31-22-24-36(25-23-31)46-41-20-10-8-18-37(41)45(38-19-9-11-21-42(38)46)39-26-32-14-4-6-16-34(32)28-43(39)47-44-29-35-17-7-5-15-33(35)27-40(44)45/h1-29H. The van der Waals surface area contributed by atoms with E-state index in [4.69, 9.17) is 4.74 Å². The fourth-order valence-electron chi connectivity index (χ4n) is 8.00. The lowest BCUT2D eigenvalue weighted by atomic mass is 9.60. The highest BCUT2D eigenvalue weighted by molar-refractivity contribution is 5.96. The van der Waals surface area contributed by atoms with Gasteiger partial charge >= 0.3 is 0 Å². The van der Waals surface area contributed by atoms with Crippen molar-refractivity contribution in [3.8, 4) is 22.6 Å². The van der Waals surface area contributed by atoms with E-state index in [1.54, 1.807) is 0 Å². The maximum Gasteiger partial charge on any atom is 0.132 e. The predicted molar refractivity (Wildman–Crippen MR) is 194 cm³/mol. The summed E-state index contributed by atoms with van der Waals surface area (Å²) >= 11 is 0. The molecule has 0 saturated carbocycles. The van der Waals surface area contributed by atoms with Crippen molar-refractivity contribution in [1.82, 2.24) is 0 Å². The second-order valence-corrected chi connectivity index (χ2v) is 12.5. The van der Waals surface area contributed by atoms with E-state index < -0.39 is 5.41 Å². The lowest BCUT2D eigenvalue weighted by molar-refractivity contribution is 0.436. The van der Waals surface area contributed by atoms with E-state index in [0.29, 0.717) is 0 Å². The second-order valence-electron chi connectivity index (χ2n) is 12.5. The molecule has 0 saturated heterocycles. The maximum absolute atomic E-state index is 6.90. The van der Waals surface area contributed by atoms with Crippen molar-refractivity contribution in [2.75, 3.05) is 4.90 Å². The Kier molecular flexibility index (Phi) is 5.53. The largest absolute Gasteiger partial charge is 0.457 e. The van der Waals surface area contributed by atoms with Gasteiger partial charge in [-0.15, -0.1) is 0 Å². The number of para-hydroxylation sites is 2. The van der Waals surface area contributed by atoms with E-state index in [1.807, 2.05) is 0 Å². The van der Waals surface area contributed by atoms with Gasteiger partial charge in [-0.25, -0.2) is 0 Å². The lowest BCUT2D eigenvalue weighted by Crippen LogP contribution is -2.39. The van der Waals surface area contributed by atoms with Crippen LogP contribution in [0.2, 0.25) is 0 Å². The first-order chi connectivity index (χ1) is 23.3. The zero-order valence-corrected chi connectivity index (χ0v) is 25.6. The maximum atomic E-state index is 6.90. The SMILES string of the molecule is c1ccc(-c2ccc(N3c4ccccc4C4(c5cc6ccccc6cc5Oc5cc6ccccc6cc54)c4ccccc43)cc2)cc1. The van der Waals surface area contributed by atoms with Crippen molar-refractivity contribution in [3.63, 3.8) is 0 Å². The summed E-state index contributed by atoms with van der Waals surface area (Å²) in [5.74, 6) is 1.80. The van der Waals surface area contributed by atoms with Gasteiger partial charge in [-0.3, -0.25) is 0 Å². The van der Waals surface area contributed by atoms with E-state index in [0.717, 1.165) is 28.3 Å². The highest BCUT2D eigenvalue weighted by Gasteiger charge is 2.51. The van der Waals surface area contributed by atoms with E-state index >= 15 is 0 Å². The molecule has 0 unspecified atom stereocenters. The molecule has 0 bridgehead atoms. The summed E-state index contributed by atoms with van der Waals surface area (Å²) in [6, 6.07) is 63.8. The van der Waals surface area contributed by atoms with Crippen LogP contribution in [0.3, 0.4) is 0 Å². The minimum atomic E-state index is -0.607. The Bertz CT molecular complexity index is 2360. The molecule has 0 aromatic heterocycles. The normalized spacial score (nSPS) is 13.8. The molecule has 8 aromatic rings. The zero-order chi connectivity index (χ0) is 31.0. The van der Waals surface area contributed by atoms with Crippen LogP contribution in [0.15, 0.2) is 176 Å². The van der Waals surface area contributed by atoms with Crippen molar-refractivity contribution in [3.05, 3.63) is 198 Å². The van der Waals surface area contributed by atoms with Gasteiger partial charge in [-0.1, -0.05) is 127 Å². The summed E-state index contributed by atoms with van der Waals surface area (Å²) in [7, 11) is 0. The van der Waals surface area contributed by atoms with E-state index in [1.165, 1.54) is 55.2 Å². The van der Waals surface area contributed by atoms with Gasteiger partial charge in [0.05, 0.1) is 16.8 Å². The van der Waals surface area contributed by atoms with Crippen LogP contribution in [-0.4, -0.2) is 0 Å². The molecule has 47 heavy (non-hydrogen) atoms. The van der Waals surface area contributed by atoms with Crippen LogP contribution in [0, 0.1) is 0 Å². The molecule has 0 amide bonds. The summed E-state index contributed by atoms with van der Waals surface area (Å²) in [4.78, 5) is 2.43. The minimum absolute atomic E-state index is 0.607. The first kappa shape index (κ1) is 26.1. The van der Waals surface area contributed by atoms with Gasteiger partial charge < -0.3 is 9.64 Å². The topological polar surface area (TPSA) is 12.5 Å². The van der Waals surface area contributed by atoms with Crippen LogP contribution >= 0.6 is 0 Å². The number of benzene rings is 8. The molecule has 0 atom stereocenters. The van der Waals surface area contributed by atoms with Crippen LogP contribution in [-0.2, 0) is 5.41 Å². The Morgan fingerprint density at radius 3 is 1.32 bits per heavy atom. The Labute approximate surface area is 273 Å². The third-order valence-corrected chi connectivity index (χ3v) is 10.1. The number of rotatable bonds is 2. The third-order valence-electron chi connectivity index (χ3n) is 10.1. The minimum Gasteiger partial charge on any atom is -0.457 e. The summed E-state index contributed by atoms with van der Waals surface area (Å²) < 4.78 is 6.90. The number of hydrogen-bond donors (Lipinski definition) is 0. The highest BCUT2D eigenvalue weighted by atomic mass is 16.5. The summed E-state index contributed by atoms with van der Waals surface area (Å²) in [6.07, 6.45) is 0. The predicted octanol–water partition coefficient (Wildman–Crippen LogP) is 11.9. The Hall–Kier alpha value is -6.12. The van der Waals surface area contributed by atoms with Gasteiger partial charge in [0.25, 0.3) is 0 Å². The van der Waals surface area contributed by atoms with Gasteiger partial charge in [-0.05, 0) is 92.3 Å². The molecule has 0 fully saturated rings. The van der Waals surface area contributed by atoms with Crippen molar-refractivity contribution in [2.45, 2.75) is 5.41 Å². The monoisotopic (exact) mass is 599 g/mol. The summed E-state index contributed by atoms with van der Waals surface area (Å²) in [5, 5.41) is 4.74. The van der Waals surface area contributed by atoms with Gasteiger partial charge in [0.2, 0.25) is 0 Å².